The van der Waals surface area contributed by atoms with Crippen LogP contribution in [0.5, 0.6) is 0 Å². The Morgan fingerprint density at radius 1 is 1.29 bits per heavy atom. The topological polar surface area (TPSA) is 80.5 Å². The van der Waals surface area contributed by atoms with Gasteiger partial charge in [0.05, 0.1) is 6.20 Å². The van der Waals surface area contributed by atoms with Crippen LogP contribution in [0.15, 0.2) is 12.5 Å². The maximum atomic E-state index is 6.32. The second kappa shape index (κ2) is 3.26. The number of aromatic amines is 1. The summed E-state index contributed by atoms with van der Waals surface area (Å²) in [5, 5.41) is 0. The minimum absolute atomic E-state index is 0.266. The molecule has 2 fully saturated rings. The van der Waals surface area contributed by atoms with E-state index in [4.69, 9.17) is 5.73 Å². The maximum absolute atomic E-state index is 6.32. The highest BCUT2D eigenvalue weighted by atomic mass is 15.0. The van der Waals surface area contributed by atoms with Crippen LogP contribution in [0, 0.1) is 11.8 Å². The van der Waals surface area contributed by atoms with E-state index in [9.17, 15) is 0 Å². The molecule has 2 aromatic heterocycles. The number of hydrogen-bond acceptors (Lipinski definition) is 4. The molecule has 0 aromatic carbocycles. The summed E-state index contributed by atoms with van der Waals surface area (Å²) in [6.45, 7) is 0. The molecule has 2 aliphatic rings. The summed E-state index contributed by atoms with van der Waals surface area (Å²) >= 11 is 0. The van der Waals surface area contributed by atoms with Crippen LogP contribution in [0.3, 0.4) is 0 Å². The van der Waals surface area contributed by atoms with Gasteiger partial charge in [0.1, 0.15) is 17.7 Å². The van der Waals surface area contributed by atoms with Gasteiger partial charge in [-0.05, 0) is 31.1 Å². The maximum Gasteiger partial charge on any atom is 0.180 e. The summed E-state index contributed by atoms with van der Waals surface area (Å²) in [6, 6.07) is 0.266. The summed E-state index contributed by atoms with van der Waals surface area (Å²) < 4.78 is 0. The van der Waals surface area contributed by atoms with Gasteiger partial charge in [-0.1, -0.05) is 0 Å². The Morgan fingerprint density at radius 3 is 2.94 bits per heavy atom. The number of hydrogen-bond donors (Lipinski definition) is 2. The molecule has 5 heteroatoms. The van der Waals surface area contributed by atoms with E-state index in [1.807, 2.05) is 0 Å². The summed E-state index contributed by atoms with van der Waals surface area (Å²) in [7, 11) is 0. The fourth-order valence-corrected chi connectivity index (χ4v) is 3.68. The Labute approximate surface area is 98.9 Å². The zero-order valence-corrected chi connectivity index (χ0v) is 9.50. The Bertz CT molecular complexity index is 528. The van der Waals surface area contributed by atoms with E-state index in [1.54, 1.807) is 6.20 Å². The molecule has 88 valence electrons. The van der Waals surface area contributed by atoms with Crippen molar-refractivity contribution in [2.75, 3.05) is 0 Å². The van der Waals surface area contributed by atoms with E-state index in [2.05, 4.69) is 19.9 Å². The first-order chi connectivity index (χ1) is 8.33. The molecular formula is C12H15N5. The van der Waals surface area contributed by atoms with Gasteiger partial charge in [-0.3, -0.25) is 0 Å². The lowest BCUT2D eigenvalue weighted by molar-refractivity contribution is 0.356. The van der Waals surface area contributed by atoms with Crippen LogP contribution in [-0.2, 0) is 0 Å². The minimum Gasteiger partial charge on any atom is -0.339 e. The highest BCUT2D eigenvalue weighted by Gasteiger charge is 2.47. The molecule has 17 heavy (non-hydrogen) atoms. The molecule has 2 heterocycles. The van der Waals surface area contributed by atoms with E-state index in [0.717, 1.165) is 17.0 Å². The van der Waals surface area contributed by atoms with E-state index in [0.29, 0.717) is 17.8 Å². The SMILES string of the molecule is NC1C2CCC(C2)C1c1nc2ncncc2[nH]1. The van der Waals surface area contributed by atoms with Crippen LogP contribution < -0.4 is 5.73 Å². The number of nitrogens with one attached hydrogen (secondary N) is 1. The van der Waals surface area contributed by atoms with Crippen molar-refractivity contribution in [2.45, 2.75) is 31.2 Å². The largest absolute Gasteiger partial charge is 0.339 e. The highest BCUT2D eigenvalue weighted by Crippen LogP contribution is 2.51. The molecule has 3 N–H and O–H groups in total. The van der Waals surface area contributed by atoms with Crippen LogP contribution in [-0.4, -0.2) is 26.0 Å². The first kappa shape index (κ1) is 9.53. The molecule has 0 aliphatic heterocycles. The Balaban J connectivity index is 1.79. The number of aromatic nitrogens is 4. The molecule has 2 saturated carbocycles. The number of imidazole rings is 1. The van der Waals surface area contributed by atoms with Crippen molar-refractivity contribution in [1.82, 2.24) is 19.9 Å². The van der Waals surface area contributed by atoms with Gasteiger partial charge in [-0.15, -0.1) is 0 Å². The van der Waals surface area contributed by atoms with Crippen molar-refractivity contribution in [3.05, 3.63) is 18.3 Å². The zero-order chi connectivity index (χ0) is 11.4. The molecule has 4 atom stereocenters. The van der Waals surface area contributed by atoms with E-state index in [1.165, 1.54) is 25.6 Å². The van der Waals surface area contributed by atoms with Gasteiger partial charge in [0.25, 0.3) is 0 Å². The molecule has 0 spiro atoms. The standard InChI is InChI=1S/C12H15N5/c13-10-7-2-1-6(3-7)9(10)12-16-8-4-14-5-15-11(8)17-12/h4-7,9-10H,1-3,13H2,(H,14,15,16,17). The van der Waals surface area contributed by atoms with E-state index in [-0.39, 0.29) is 6.04 Å². The first-order valence-electron chi connectivity index (χ1n) is 6.24. The molecule has 2 aliphatic carbocycles. The normalized spacial score (nSPS) is 35.8. The predicted octanol–water partition coefficient (Wildman–Crippen LogP) is 1.19. The highest BCUT2D eigenvalue weighted by molar-refractivity contribution is 5.68. The van der Waals surface area contributed by atoms with Crippen LogP contribution >= 0.6 is 0 Å². The molecule has 2 aromatic rings. The van der Waals surface area contributed by atoms with Crippen LogP contribution in [0.4, 0.5) is 0 Å². The average molecular weight is 229 g/mol. The Kier molecular flexibility index (Phi) is 1.83. The molecule has 4 unspecified atom stereocenters. The van der Waals surface area contributed by atoms with Gasteiger partial charge in [-0.2, -0.15) is 0 Å². The van der Waals surface area contributed by atoms with Gasteiger partial charge in [0.2, 0.25) is 0 Å². The molecule has 5 nitrogen and oxygen atoms in total. The van der Waals surface area contributed by atoms with Gasteiger partial charge in [-0.25, -0.2) is 15.0 Å². The lowest BCUT2D eigenvalue weighted by Gasteiger charge is -2.26. The van der Waals surface area contributed by atoms with Gasteiger partial charge >= 0.3 is 0 Å². The predicted molar refractivity (Wildman–Crippen MR) is 63.2 cm³/mol. The molecule has 2 bridgehead atoms. The lowest BCUT2D eigenvalue weighted by atomic mass is 9.84. The smallest absolute Gasteiger partial charge is 0.180 e. The fourth-order valence-electron chi connectivity index (χ4n) is 3.68. The van der Waals surface area contributed by atoms with Crippen molar-refractivity contribution in [3.63, 3.8) is 0 Å². The Hall–Kier alpha value is -1.49. The quantitative estimate of drug-likeness (QED) is 0.769. The number of fused-ring (bicyclic) bond motifs is 3. The van der Waals surface area contributed by atoms with Crippen molar-refractivity contribution in [2.24, 2.45) is 17.6 Å². The third-order valence-corrected chi connectivity index (χ3v) is 4.48. The third-order valence-electron chi connectivity index (χ3n) is 4.48. The van der Waals surface area contributed by atoms with Crippen LogP contribution in [0.1, 0.15) is 31.0 Å². The number of nitrogens with zero attached hydrogens (tertiary/aromatic N) is 3. The van der Waals surface area contributed by atoms with Crippen molar-refractivity contribution >= 4 is 11.2 Å². The van der Waals surface area contributed by atoms with Crippen LogP contribution in [0.25, 0.3) is 11.2 Å². The van der Waals surface area contributed by atoms with Gasteiger partial charge in [0, 0.05) is 12.0 Å². The van der Waals surface area contributed by atoms with Crippen molar-refractivity contribution < 1.29 is 0 Å². The molecule has 4 rings (SSSR count). The summed E-state index contributed by atoms with van der Waals surface area (Å²) in [5.74, 6) is 2.82. The Morgan fingerprint density at radius 2 is 2.18 bits per heavy atom. The fraction of sp³-hybridized carbons (Fsp3) is 0.583. The summed E-state index contributed by atoms with van der Waals surface area (Å²) in [6.07, 6.45) is 7.17. The van der Waals surface area contributed by atoms with Crippen molar-refractivity contribution in [3.8, 4) is 0 Å². The third kappa shape index (κ3) is 1.26. The zero-order valence-electron chi connectivity index (χ0n) is 9.50. The molecular weight excluding hydrogens is 214 g/mol. The minimum atomic E-state index is 0.266. The lowest BCUT2D eigenvalue weighted by Crippen LogP contribution is -2.34. The first-order valence-corrected chi connectivity index (χ1v) is 6.24. The van der Waals surface area contributed by atoms with Crippen LogP contribution in [0.2, 0.25) is 0 Å². The monoisotopic (exact) mass is 229 g/mol. The average Bonchev–Trinajstić information content (AvgIpc) is 3.00. The summed E-state index contributed by atoms with van der Waals surface area (Å²) in [4.78, 5) is 16.1. The second-order valence-electron chi connectivity index (χ2n) is 5.32. The van der Waals surface area contributed by atoms with Gasteiger partial charge in [0.15, 0.2) is 5.65 Å². The number of rotatable bonds is 1. The van der Waals surface area contributed by atoms with E-state index >= 15 is 0 Å². The summed E-state index contributed by atoms with van der Waals surface area (Å²) in [5.41, 5.74) is 7.99. The number of H-pyrrole nitrogens is 1. The van der Waals surface area contributed by atoms with E-state index < -0.39 is 0 Å². The molecule has 0 saturated heterocycles. The molecule has 0 amide bonds. The second-order valence-corrected chi connectivity index (χ2v) is 5.32. The van der Waals surface area contributed by atoms with Crippen molar-refractivity contribution in [1.29, 1.82) is 0 Å². The molecule has 0 radical (unpaired) electrons. The number of nitrogens with two attached hydrogens (primary N) is 1. The van der Waals surface area contributed by atoms with Gasteiger partial charge < -0.3 is 10.7 Å².